The molecule has 3 rings (SSSR count). The quantitative estimate of drug-likeness (QED) is 0.781. The average molecular weight is 314 g/mol. The number of hydrogen-bond donors (Lipinski definition) is 0. The molecule has 2 aliphatic rings. The number of rotatable bonds is 4. The van der Waals surface area contributed by atoms with Gasteiger partial charge in [0.15, 0.2) is 0 Å². The van der Waals surface area contributed by atoms with Gasteiger partial charge in [0.05, 0.1) is 5.16 Å². The molecule has 0 N–H and O–H groups in total. The van der Waals surface area contributed by atoms with Crippen molar-refractivity contribution in [3.05, 3.63) is 5.21 Å². The Bertz CT molecular complexity index is 427. The van der Waals surface area contributed by atoms with Gasteiger partial charge < -0.3 is 5.21 Å². The maximum Gasteiger partial charge on any atom is 0.289 e. The van der Waals surface area contributed by atoms with Crippen LogP contribution in [0.3, 0.4) is 0 Å². The minimum Gasteiger partial charge on any atom is -0.359 e. The third-order valence-corrected chi connectivity index (χ3v) is 7.00. The molecule has 0 bridgehead atoms. The van der Waals surface area contributed by atoms with Gasteiger partial charge in [-0.1, -0.05) is 62.0 Å². The van der Waals surface area contributed by atoms with Crippen LogP contribution in [0.25, 0.3) is 0 Å². The summed E-state index contributed by atoms with van der Waals surface area (Å²) in [5, 5.41) is 18.5. The lowest BCUT2D eigenvalue weighted by atomic mass is 10.0. The van der Waals surface area contributed by atoms with Gasteiger partial charge in [-0.15, -0.1) is 0 Å². The molecule has 2 aliphatic carbocycles. The third kappa shape index (κ3) is 3.64. The van der Waals surface area contributed by atoms with Gasteiger partial charge in [-0.25, -0.2) is 0 Å². The van der Waals surface area contributed by atoms with Gasteiger partial charge in [0.2, 0.25) is 0 Å². The van der Waals surface area contributed by atoms with Crippen molar-refractivity contribution in [2.24, 2.45) is 0 Å². The second-order valence-electron chi connectivity index (χ2n) is 5.80. The van der Waals surface area contributed by atoms with E-state index in [0.29, 0.717) is 20.4 Å². The molecule has 0 spiro atoms. The van der Waals surface area contributed by atoms with Crippen LogP contribution in [0.1, 0.15) is 64.2 Å². The lowest BCUT2D eigenvalue weighted by molar-refractivity contribution is -0.832. The second-order valence-corrected chi connectivity index (χ2v) is 8.37. The first kappa shape index (κ1) is 14.6. The van der Waals surface area contributed by atoms with Gasteiger partial charge in [-0.3, -0.25) is 4.63 Å². The first-order valence-electron chi connectivity index (χ1n) is 7.76. The topological polar surface area (TPSA) is 53.0 Å². The van der Waals surface area contributed by atoms with E-state index in [-0.39, 0.29) is 0 Å². The van der Waals surface area contributed by atoms with Gasteiger partial charge >= 0.3 is 0 Å². The first-order chi connectivity index (χ1) is 9.83. The van der Waals surface area contributed by atoms with Crippen molar-refractivity contribution in [3.63, 3.8) is 0 Å². The van der Waals surface area contributed by atoms with E-state index in [1.54, 1.807) is 23.5 Å². The molecule has 4 nitrogen and oxygen atoms in total. The maximum absolute atomic E-state index is 11.8. The van der Waals surface area contributed by atoms with E-state index in [0.717, 1.165) is 5.03 Å². The van der Waals surface area contributed by atoms with Crippen molar-refractivity contribution in [2.45, 2.75) is 84.8 Å². The Morgan fingerprint density at radius 1 is 0.900 bits per heavy atom. The monoisotopic (exact) mass is 314 g/mol. The largest absolute Gasteiger partial charge is 0.359 e. The predicted octanol–water partition coefficient (Wildman–Crippen LogP) is 4.16. The summed E-state index contributed by atoms with van der Waals surface area (Å²) in [6, 6.07) is 0. The third-order valence-electron chi connectivity index (χ3n) is 4.21. The number of nitrogens with zero attached hydrogens (tertiary/aromatic N) is 2. The lowest BCUT2D eigenvalue weighted by Gasteiger charge is -2.20. The first-order valence-corrected chi connectivity index (χ1v) is 9.52. The Balaban J connectivity index is 1.64. The van der Waals surface area contributed by atoms with Gasteiger partial charge in [-0.05, 0) is 30.6 Å². The minimum atomic E-state index is 0.564. The fourth-order valence-electron chi connectivity index (χ4n) is 3.08. The van der Waals surface area contributed by atoms with Crippen molar-refractivity contribution in [2.75, 3.05) is 0 Å². The van der Waals surface area contributed by atoms with E-state index in [1.165, 1.54) is 64.2 Å². The lowest BCUT2D eigenvalue weighted by Crippen LogP contribution is -2.26. The highest BCUT2D eigenvalue weighted by Gasteiger charge is 2.28. The second kappa shape index (κ2) is 7.07. The van der Waals surface area contributed by atoms with Crippen LogP contribution in [0, 0.1) is 5.21 Å². The van der Waals surface area contributed by atoms with Crippen LogP contribution in [0.4, 0.5) is 0 Å². The molecule has 0 radical (unpaired) electrons. The Morgan fingerprint density at radius 2 is 1.45 bits per heavy atom. The predicted molar refractivity (Wildman–Crippen MR) is 80.9 cm³/mol. The fourth-order valence-corrected chi connectivity index (χ4v) is 5.64. The molecule has 1 heterocycles. The van der Waals surface area contributed by atoms with E-state index in [1.807, 2.05) is 0 Å². The number of thioether (sulfide) groups is 2. The molecule has 0 amide bonds. The SMILES string of the molecule is [O-][n+]1onc(SC2CCCCC2)c1SC1CCCCC1. The molecular formula is C14H22N2O2S2. The molecule has 112 valence electrons. The van der Waals surface area contributed by atoms with Gasteiger partial charge in [0.1, 0.15) is 0 Å². The van der Waals surface area contributed by atoms with Crippen LogP contribution < -0.4 is 4.90 Å². The summed E-state index contributed by atoms with van der Waals surface area (Å²) in [4.78, 5) is 0.616. The minimum absolute atomic E-state index is 0.564. The van der Waals surface area contributed by atoms with Crippen LogP contribution in [-0.4, -0.2) is 15.7 Å². The summed E-state index contributed by atoms with van der Waals surface area (Å²) in [7, 11) is 0. The highest BCUT2D eigenvalue weighted by molar-refractivity contribution is 8.02. The molecule has 20 heavy (non-hydrogen) atoms. The fraction of sp³-hybridized carbons (Fsp3) is 0.857. The van der Waals surface area contributed by atoms with Gasteiger partial charge in [0.25, 0.3) is 10.1 Å². The average Bonchev–Trinajstić information content (AvgIpc) is 2.83. The normalized spacial score (nSPS) is 22.2. The van der Waals surface area contributed by atoms with Crippen molar-refractivity contribution in [1.29, 1.82) is 0 Å². The highest BCUT2D eigenvalue weighted by atomic mass is 32.2. The standard InChI is InChI=1S/C14H22N2O2S2/c17-16-14(20-12-9-5-2-6-10-12)13(15-18-16)19-11-7-3-1-4-8-11/h11-12H,1-10H2. The van der Waals surface area contributed by atoms with Crippen LogP contribution in [-0.2, 0) is 0 Å². The molecule has 0 atom stereocenters. The van der Waals surface area contributed by atoms with E-state index >= 15 is 0 Å². The maximum atomic E-state index is 11.8. The van der Waals surface area contributed by atoms with Crippen molar-refractivity contribution in [3.8, 4) is 0 Å². The zero-order chi connectivity index (χ0) is 13.8. The summed E-state index contributed by atoms with van der Waals surface area (Å²) < 4.78 is 4.85. The Morgan fingerprint density at radius 3 is 2.05 bits per heavy atom. The van der Waals surface area contributed by atoms with E-state index < -0.39 is 0 Å². The van der Waals surface area contributed by atoms with E-state index in [4.69, 9.17) is 4.63 Å². The number of aromatic nitrogens is 2. The van der Waals surface area contributed by atoms with Crippen molar-refractivity contribution in [1.82, 2.24) is 5.16 Å². The van der Waals surface area contributed by atoms with E-state index in [9.17, 15) is 5.21 Å². The molecule has 0 aliphatic heterocycles. The highest BCUT2D eigenvalue weighted by Crippen LogP contribution is 2.39. The Labute approximate surface area is 128 Å². The molecule has 1 aromatic heterocycles. The Kier molecular flexibility index (Phi) is 5.15. The summed E-state index contributed by atoms with van der Waals surface area (Å²) in [5.74, 6) is 0. The molecule has 0 aromatic carbocycles. The van der Waals surface area contributed by atoms with Crippen LogP contribution >= 0.6 is 23.5 Å². The summed E-state index contributed by atoms with van der Waals surface area (Å²) in [6.07, 6.45) is 12.8. The molecule has 2 fully saturated rings. The van der Waals surface area contributed by atoms with Gasteiger partial charge in [0, 0.05) is 10.5 Å². The molecular weight excluding hydrogens is 292 g/mol. The Hall–Kier alpha value is -0.360. The molecule has 0 saturated heterocycles. The zero-order valence-electron chi connectivity index (χ0n) is 11.8. The van der Waals surface area contributed by atoms with Crippen molar-refractivity contribution < 1.29 is 9.53 Å². The summed E-state index contributed by atoms with van der Waals surface area (Å²) in [6.45, 7) is 0. The van der Waals surface area contributed by atoms with E-state index in [2.05, 4.69) is 5.16 Å². The summed E-state index contributed by atoms with van der Waals surface area (Å²) in [5.41, 5.74) is 0. The van der Waals surface area contributed by atoms with Crippen LogP contribution in [0.2, 0.25) is 0 Å². The zero-order valence-corrected chi connectivity index (χ0v) is 13.4. The number of hydrogen-bond acceptors (Lipinski definition) is 5. The van der Waals surface area contributed by atoms with Crippen LogP contribution in [0.5, 0.6) is 0 Å². The molecule has 1 aromatic rings. The molecule has 6 heteroatoms. The molecule has 2 saturated carbocycles. The van der Waals surface area contributed by atoms with Crippen molar-refractivity contribution >= 4 is 23.5 Å². The smallest absolute Gasteiger partial charge is 0.289 e. The van der Waals surface area contributed by atoms with Crippen LogP contribution in [0.15, 0.2) is 14.7 Å². The molecule has 0 unspecified atom stereocenters. The summed E-state index contributed by atoms with van der Waals surface area (Å²) >= 11 is 3.44. The van der Waals surface area contributed by atoms with Gasteiger partial charge in [-0.2, -0.15) is 0 Å².